The molecule has 0 spiro atoms. The van der Waals surface area contributed by atoms with Crippen LogP contribution in [0.5, 0.6) is 5.88 Å². The van der Waals surface area contributed by atoms with E-state index in [1.54, 1.807) is 7.05 Å². The molecule has 0 amide bonds. The lowest BCUT2D eigenvalue weighted by atomic mass is 10.2. The van der Waals surface area contributed by atoms with Crippen LogP contribution in [0.25, 0.3) is 5.82 Å². The molecule has 0 aliphatic rings. The zero-order valence-corrected chi connectivity index (χ0v) is 11.8. The van der Waals surface area contributed by atoms with Gasteiger partial charge in [-0.2, -0.15) is 9.78 Å². The minimum absolute atomic E-state index is 0.0166. The molecule has 22 heavy (non-hydrogen) atoms. The van der Waals surface area contributed by atoms with Crippen LogP contribution in [0, 0.1) is 12.3 Å². The van der Waals surface area contributed by atoms with Crippen molar-refractivity contribution in [1.82, 2.24) is 39.8 Å². The van der Waals surface area contributed by atoms with Crippen molar-refractivity contribution in [2.24, 2.45) is 14.1 Å². The highest BCUT2D eigenvalue weighted by Crippen LogP contribution is 2.18. The summed E-state index contributed by atoms with van der Waals surface area (Å²) in [7, 11) is 3.13. The molecule has 3 aromatic heterocycles. The number of H-pyrrole nitrogens is 1. The number of nitrogens with one attached hydrogen (secondary N) is 1. The van der Waals surface area contributed by atoms with E-state index < -0.39 is 5.69 Å². The Labute approximate surface area is 125 Å². The minimum atomic E-state index is -0.437. The van der Waals surface area contributed by atoms with Gasteiger partial charge in [-0.15, -0.1) is 16.2 Å². The molecule has 3 rings (SSSR count). The fraction of sp³-hybridized carbons (Fsp3) is 0.250. The Morgan fingerprint density at radius 3 is 2.86 bits per heavy atom. The van der Waals surface area contributed by atoms with Crippen molar-refractivity contribution >= 4 is 0 Å². The molecule has 112 valence electrons. The molecular weight excluding hydrogens is 288 g/mol. The molecule has 10 nitrogen and oxygen atoms in total. The molecule has 0 aliphatic heterocycles. The van der Waals surface area contributed by atoms with Gasteiger partial charge < -0.3 is 4.74 Å². The summed E-state index contributed by atoms with van der Waals surface area (Å²) in [4.78, 5) is 12.1. The number of rotatable bonds is 4. The number of aromatic nitrogens is 8. The lowest BCUT2D eigenvalue weighted by molar-refractivity contribution is 0.292. The fourth-order valence-electron chi connectivity index (χ4n) is 1.96. The molecule has 0 aromatic carbocycles. The summed E-state index contributed by atoms with van der Waals surface area (Å²) < 4.78 is 16.4. The maximum absolute atomic E-state index is 12.1. The molecule has 0 fully saturated rings. The highest BCUT2D eigenvalue weighted by molar-refractivity contribution is 5.44. The third kappa shape index (κ3) is 2.14. The Bertz CT molecular complexity index is 957. The average molecular weight is 302 g/mol. The first-order chi connectivity index (χ1) is 11.0. The summed E-state index contributed by atoms with van der Waals surface area (Å²) in [6.45, 7) is 0.0166. The second-order valence-corrected chi connectivity index (χ2v) is 4.37. The van der Waals surface area contributed by atoms with Crippen LogP contribution in [-0.2, 0) is 20.7 Å². The highest BCUT2D eigenvalue weighted by atomic mass is 16.5. The van der Waals surface area contributed by atoms with Crippen molar-refractivity contribution in [2.75, 3.05) is 0 Å². The van der Waals surface area contributed by atoms with Crippen LogP contribution >= 0.6 is 0 Å². The average Bonchev–Trinajstić information content (AvgIpc) is 3.17. The maximum Gasteiger partial charge on any atom is 0.369 e. The number of aryl methyl sites for hydroxylation is 2. The molecule has 0 radical (unpaired) electrons. The van der Waals surface area contributed by atoms with Gasteiger partial charge in [-0.3, -0.25) is 5.09 Å². The normalized spacial score (nSPS) is 11.2. The van der Waals surface area contributed by atoms with Gasteiger partial charge in [0.25, 0.3) is 0 Å². The van der Waals surface area contributed by atoms with E-state index in [2.05, 4.69) is 26.5 Å². The third-order valence-corrected chi connectivity index (χ3v) is 2.98. The van der Waals surface area contributed by atoms with Crippen LogP contribution in [0.4, 0.5) is 0 Å². The second kappa shape index (κ2) is 5.21. The standard InChI is InChI=1S/C12H12N8O2/c1-4-9-8(7-22-10-5-6-13-14-10)11(18(2)15-9)20-12(21)19(3)16-17-20/h1,5-6H,7H2,2-3H3,(H,13,14)/i/hT. The molecule has 0 saturated heterocycles. The van der Waals surface area contributed by atoms with Crippen LogP contribution in [0.15, 0.2) is 17.1 Å². The van der Waals surface area contributed by atoms with Gasteiger partial charge in [0, 0.05) is 26.4 Å². The van der Waals surface area contributed by atoms with E-state index in [4.69, 9.17) is 12.6 Å². The topological polar surface area (TPSA) is 108 Å². The van der Waals surface area contributed by atoms with Crippen LogP contribution in [0.2, 0.25) is 1.41 Å². The predicted molar refractivity (Wildman–Crippen MR) is 74.2 cm³/mol. The molecule has 0 aliphatic carbocycles. The number of terminal acetylenes is 1. The van der Waals surface area contributed by atoms with Crippen molar-refractivity contribution in [3.63, 3.8) is 0 Å². The monoisotopic (exact) mass is 302 g/mol. The maximum atomic E-state index is 12.1. The van der Waals surface area contributed by atoms with E-state index in [1.165, 1.54) is 24.0 Å². The Morgan fingerprint density at radius 2 is 2.27 bits per heavy atom. The van der Waals surface area contributed by atoms with Crippen LogP contribution < -0.4 is 10.4 Å². The van der Waals surface area contributed by atoms with E-state index >= 15 is 0 Å². The van der Waals surface area contributed by atoms with Crippen molar-refractivity contribution in [3.8, 4) is 24.0 Å². The predicted octanol–water partition coefficient (Wildman–Crippen LogP) is -1.02. The van der Waals surface area contributed by atoms with Crippen molar-refractivity contribution < 1.29 is 6.15 Å². The first kappa shape index (κ1) is 12.4. The van der Waals surface area contributed by atoms with Gasteiger partial charge in [0.1, 0.15) is 12.3 Å². The van der Waals surface area contributed by atoms with Gasteiger partial charge in [0.05, 0.1) is 5.56 Å². The third-order valence-electron chi connectivity index (χ3n) is 2.98. The zero-order chi connectivity index (χ0) is 16.6. The van der Waals surface area contributed by atoms with Gasteiger partial charge in [-0.25, -0.2) is 9.48 Å². The number of ether oxygens (including phenoxy) is 1. The first-order valence-corrected chi connectivity index (χ1v) is 6.21. The number of hydrogen-bond acceptors (Lipinski definition) is 6. The number of tetrazole rings is 1. The smallest absolute Gasteiger partial charge is 0.369 e. The van der Waals surface area contributed by atoms with E-state index in [9.17, 15) is 4.79 Å². The summed E-state index contributed by atoms with van der Waals surface area (Å²) >= 11 is 0. The Balaban J connectivity index is 2.03. The summed E-state index contributed by atoms with van der Waals surface area (Å²) in [5.74, 6) is 3.07. The molecule has 0 atom stereocenters. The van der Waals surface area contributed by atoms with Crippen LogP contribution in [-0.4, -0.2) is 39.8 Å². The molecular formula is C12H12N8O2. The first-order valence-electron chi connectivity index (χ1n) is 6.65. The summed E-state index contributed by atoms with van der Waals surface area (Å²) in [6, 6.07) is 1.53. The largest absolute Gasteiger partial charge is 0.471 e. The summed E-state index contributed by atoms with van der Waals surface area (Å²) in [5.41, 5.74) is 0.385. The zero-order valence-electron chi connectivity index (χ0n) is 12.8. The summed E-state index contributed by atoms with van der Waals surface area (Å²) in [6.07, 6.45) is 6.89. The molecule has 3 aromatic rings. The highest BCUT2D eigenvalue weighted by Gasteiger charge is 2.21. The fourth-order valence-corrected chi connectivity index (χ4v) is 1.96. The number of nitrogens with zero attached hydrogens (tertiary/aromatic N) is 7. The van der Waals surface area contributed by atoms with Crippen LogP contribution in [0.1, 0.15) is 11.3 Å². The molecule has 1 N–H and O–H groups in total. The van der Waals surface area contributed by atoms with Gasteiger partial charge in [0.2, 0.25) is 5.88 Å². The summed E-state index contributed by atoms with van der Waals surface area (Å²) in [5, 5.41) is 16.3. The van der Waals surface area contributed by atoms with Crippen molar-refractivity contribution in [1.29, 1.82) is 0 Å². The van der Waals surface area contributed by atoms with Gasteiger partial charge in [0.15, 0.2) is 7.23 Å². The van der Waals surface area contributed by atoms with E-state index in [1.807, 2.05) is 0 Å². The SMILES string of the molecule is [3H]n1ccc(OCc2c(C#C)nn(C)c2-n2nnn(C)c2=O)n1. The van der Waals surface area contributed by atoms with Crippen LogP contribution in [0.3, 0.4) is 0 Å². The second-order valence-electron chi connectivity index (χ2n) is 4.37. The van der Waals surface area contributed by atoms with Crippen molar-refractivity contribution in [3.05, 3.63) is 34.0 Å². The molecule has 0 bridgehead atoms. The minimum Gasteiger partial charge on any atom is -0.471 e. The van der Waals surface area contributed by atoms with E-state index in [0.29, 0.717) is 17.1 Å². The lowest BCUT2D eigenvalue weighted by Crippen LogP contribution is -2.24. The Morgan fingerprint density at radius 1 is 1.45 bits per heavy atom. The van der Waals surface area contributed by atoms with Crippen molar-refractivity contribution in [2.45, 2.75) is 6.61 Å². The number of hydrogen-bond donors (Lipinski definition) is 1. The van der Waals surface area contributed by atoms with Gasteiger partial charge in [-0.05, 0) is 16.3 Å². The Hall–Kier alpha value is -3.35. The Kier molecular flexibility index (Phi) is 2.93. The number of aromatic amines is 1. The van der Waals surface area contributed by atoms with Gasteiger partial charge in [-0.1, -0.05) is 0 Å². The molecule has 0 saturated carbocycles. The van der Waals surface area contributed by atoms with E-state index in [0.717, 1.165) is 14.5 Å². The molecule has 3 heterocycles. The molecule has 0 unspecified atom stereocenters. The lowest BCUT2D eigenvalue weighted by Gasteiger charge is -2.05. The van der Waals surface area contributed by atoms with E-state index in [-0.39, 0.29) is 12.5 Å². The van der Waals surface area contributed by atoms with Gasteiger partial charge >= 0.3 is 5.69 Å². The quantitative estimate of drug-likeness (QED) is 0.618. The molecule has 10 heteroatoms.